The van der Waals surface area contributed by atoms with Gasteiger partial charge in [-0.25, -0.2) is 0 Å². The summed E-state index contributed by atoms with van der Waals surface area (Å²) in [5.74, 6) is 0.191. The maximum Gasteiger partial charge on any atom is 0.274 e. The van der Waals surface area contributed by atoms with Crippen LogP contribution < -0.4 is 5.32 Å². The number of β-amino-alcohol motifs (C(OH)–C–C–N with tert-alkyl or cyclic N) is 1. The second-order valence-electron chi connectivity index (χ2n) is 7.72. The third-order valence-corrected chi connectivity index (χ3v) is 5.70. The topological polar surface area (TPSA) is 87.5 Å². The first kappa shape index (κ1) is 18.7. The van der Waals surface area contributed by atoms with Gasteiger partial charge >= 0.3 is 0 Å². The highest BCUT2D eigenvalue weighted by atomic mass is 16.3. The summed E-state index contributed by atoms with van der Waals surface area (Å²) in [6.45, 7) is 1.84. The van der Waals surface area contributed by atoms with E-state index in [4.69, 9.17) is 0 Å². The molecule has 0 spiro atoms. The number of hydrogen-bond donors (Lipinski definition) is 2. The van der Waals surface area contributed by atoms with Crippen LogP contribution in [-0.4, -0.2) is 57.3 Å². The smallest absolute Gasteiger partial charge is 0.274 e. The maximum atomic E-state index is 12.8. The molecule has 3 heterocycles. The van der Waals surface area contributed by atoms with Crippen LogP contribution >= 0.6 is 0 Å². The van der Waals surface area contributed by atoms with Gasteiger partial charge in [-0.05, 0) is 37.2 Å². The van der Waals surface area contributed by atoms with Gasteiger partial charge in [0, 0.05) is 25.7 Å². The molecular weight excluding hydrogens is 356 g/mol. The molecule has 0 aliphatic carbocycles. The molecule has 2 N–H and O–H groups in total. The number of fused-ring (bicyclic) bond motifs is 1. The molecule has 1 aromatic carbocycles. The monoisotopic (exact) mass is 382 g/mol. The van der Waals surface area contributed by atoms with Crippen LogP contribution in [0.5, 0.6) is 0 Å². The first-order valence-electron chi connectivity index (χ1n) is 9.97. The second kappa shape index (κ2) is 8.14. The highest BCUT2D eigenvalue weighted by Crippen LogP contribution is 2.23. The number of amides is 2. The number of hydrogen-bond acceptors (Lipinski definition) is 4. The van der Waals surface area contributed by atoms with Crippen molar-refractivity contribution >= 4 is 11.8 Å². The molecule has 0 unspecified atom stereocenters. The molecule has 4 rings (SSSR count). The van der Waals surface area contributed by atoms with Gasteiger partial charge < -0.3 is 15.3 Å². The fourth-order valence-corrected chi connectivity index (χ4v) is 4.01. The number of likely N-dealkylation sites (tertiary alicyclic amines) is 1. The molecule has 1 atom stereocenters. The Labute approximate surface area is 164 Å². The van der Waals surface area contributed by atoms with Gasteiger partial charge in [-0.3, -0.25) is 14.3 Å². The van der Waals surface area contributed by atoms with E-state index in [2.05, 4.69) is 34.7 Å². The Bertz CT molecular complexity index is 841. The van der Waals surface area contributed by atoms with Gasteiger partial charge in [0.2, 0.25) is 0 Å². The number of aliphatic hydroxyl groups is 1. The number of benzene rings is 1. The molecule has 2 aromatic rings. The first-order valence-corrected chi connectivity index (χ1v) is 9.97. The normalized spacial score (nSPS) is 20.4. The summed E-state index contributed by atoms with van der Waals surface area (Å²) < 4.78 is 1.44. The van der Waals surface area contributed by atoms with E-state index >= 15 is 0 Å². The Kier molecular flexibility index (Phi) is 5.43. The van der Waals surface area contributed by atoms with Crippen LogP contribution in [0, 0.1) is 5.92 Å². The quantitative estimate of drug-likeness (QED) is 0.838. The maximum absolute atomic E-state index is 12.8. The van der Waals surface area contributed by atoms with Gasteiger partial charge in [0.15, 0.2) is 5.69 Å². The third-order valence-electron chi connectivity index (χ3n) is 5.70. The lowest BCUT2D eigenvalue weighted by Crippen LogP contribution is -2.39. The molecule has 28 heavy (non-hydrogen) atoms. The van der Waals surface area contributed by atoms with Crippen LogP contribution in [-0.2, 0) is 13.0 Å². The molecule has 7 heteroatoms. The van der Waals surface area contributed by atoms with Crippen molar-refractivity contribution in [2.45, 2.75) is 38.3 Å². The van der Waals surface area contributed by atoms with Crippen molar-refractivity contribution in [2.24, 2.45) is 5.92 Å². The van der Waals surface area contributed by atoms with Crippen molar-refractivity contribution in [3.05, 3.63) is 53.3 Å². The molecule has 2 aliphatic rings. The molecule has 1 fully saturated rings. The molecule has 1 saturated heterocycles. The van der Waals surface area contributed by atoms with Crippen LogP contribution in [0.25, 0.3) is 0 Å². The van der Waals surface area contributed by atoms with Crippen molar-refractivity contribution in [3.63, 3.8) is 0 Å². The summed E-state index contributed by atoms with van der Waals surface area (Å²) in [4.78, 5) is 26.7. The van der Waals surface area contributed by atoms with Crippen molar-refractivity contribution in [3.8, 4) is 0 Å². The zero-order chi connectivity index (χ0) is 19.5. The second-order valence-corrected chi connectivity index (χ2v) is 7.72. The summed E-state index contributed by atoms with van der Waals surface area (Å²) >= 11 is 0. The Morgan fingerprint density at radius 3 is 2.71 bits per heavy atom. The zero-order valence-electron chi connectivity index (χ0n) is 15.9. The summed E-state index contributed by atoms with van der Waals surface area (Å²) in [6, 6.07) is 12.0. The van der Waals surface area contributed by atoms with Gasteiger partial charge in [0.05, 0.1) is 12.6 Å². The number of nitrogens with one attached hydrogen (secondary N) is 1. The van der Waals surface area contributed by atoms with Crippen molar-refractivity contribution < 1.29 is 14.7 Å². The third kappa shape index (κ3) is 4.09. The van der Waals surface area contributed by atoms with E-state index < -0.39 is 6.10 Å². The molecule has 0 bridgehead atoms. The predicted molar refractivity (Wildman–Crippen MR) is 104 cm³/mol. The van der Waals surface area contributed by atoms with Crippen molar-refractivity contribution in [1.82, 2.24) is 20.0 Å². The van der Waals surface area contributed by atoms with Crippen LogP contribution in [0.4, 0.5) is 0 Å². The minimum absolute atomic E-state index is 0.135. The SMILES string of the molecule is O=C1NC[C@H](O)Cn2nc(C(=O)N3CCC(CCc4ccccc4)CC3)cc21. The standard InChI is InChI=1S/C21H26N4O3/c26-17-13-22-20(27)19-12-18(23-25(19)14-17)21(28)24-10-8-16(9-11-24)7-6-15-4-2-1-3-5-15/h1-5,12,16-17,26H,6-11,13-14H2,(H,22,27)/t17-/m0/s1. The van der Waals surface area contributed by atoms with E-state index in [0.717, 1.165) is 38.8 Å². The number of carbonyl (C=O) groups is 2. The average Bonchev–Trinajstić information content (AvgIpc) is 3.09. The van der Waals surface area contributed by atoms with Gasteiger partial charge in [-0.1, -0.05) is 30.3 Å². The van der Waals surface area contributed by atoms with Crippen LogP contribution in [0.1, 0.15) is 45.8 Å². The predicted octanol–water partition coefficient (Wildman–Crippen LogP) is 1.47. The Morgan fingerprint density at radius 1 is 1.21 bits per heavy atom. The van der Waals surface area contributed by atoms with Crippen molar-refractivity contribution in [2.75, 3.05) is 19.6 Å². The molecule has 148 valence electrons. The molecular formula is C21H26N4O3. The van der Waals surface area contributed by atoms with Gasteiger partial charge in [0.1, 0.15) is 5.69 Å². The van der Waals surface area contributed by atoms with E-state index in [9.17, 15) is 14.7 Å². The number of nitrogens with zero attached hydrogens (tertiary/aromatic N) is 3. The minimum Gasteiger partial charge on any atom is -0.389 e. The number of aliphatic hydroxyl groups excluding tert-OH is 1. The van der Waals surface area contributed by atoms with Crippen LogP contribution in [0.2, 0.25) is 0 Å². The zero-order valence-corrected chi connectivity index (χ0v) is 15.9. The number of piperidine rings is 1. The van der Waals surface area contributed by atoms with E-state index in [1.54, 1.807) is 0 Å². The molecule has 0 radical (unpaired) electrons. The first-order chi connectivity index (χ1) is 13.6. The largest absolute Gasteiger partial charge is 0.389 e. The van der Waals surface area contributed by atoms with E-state index in [1.165, 1.54) is 16.3 Å². The fraction of sp³-hybridized carbons (Fsp3) is 0.476. The lowest BCUT2D eigenvalue weighted by Gasteiger charge is -2.31. The molecule has 1 aromatic heterocycles. The average molecular weight is 382 g/mol. The number of carbonyl (C=O) groups excluding carboxylic acids is 2. The van der Waals surface area contributed by atoms with E-state index in [-0.39, 0.29) is 30.6 Å². The van der Waals surface area contributed by atoms with Crippen LogP contribution in [0.15, 0.2) is 36.4 Å². The van der Waals surface area contributed by atoms with Crippen LogP contribution in [0.3, 0.4) is 0 Å². The lowest BCUT2D eigenvalue weighted by molar-refractivity contribution is 0.0678. The fourth-order valence-electron chi connectivity index (χ4n) is 4.01. The molecule has 0 saturated carbocycles. The van der Waals surface area contributed by atoms with Gasteiger partial charge in [-0.2, -0.15) is 5.10 Å². The Morgan fingerprint density at radius 2 is 1.96 bits per heavy atom. The number of rotatable bonds is 4. The highest BCUT2D eigenvalue weighted by molar-refractivity contribution is 5.98. The Balaban J connectivity index is 1.34. The van der Waals surface area contributed by atoms with Crippen molar-refractivity contribution in [1.29, 1.82) is 0 Å². The van der Waals surface area contributed by atoms with Gasteiger partial charge in [0.25, 0.3) is 11.8 Å². The number of aromatic nitrogens is 2. The summed E-state index contributed by atoms with van der Waals surface area (Å²) in [7, 11) is 0. The Hall–Kier alpha value is -2.67. The lowest BCUT2D eigenvalue weighted by atomic mass is 9.90. The van der Waals surface area contributed by atoms with E-state index in [1.807, 2.05) is 11.0 Å². The summed E-state index contributed by atoms with van der Waals surface area (Å²) in [5, 5.41) is 16.8. The highest BCUT2D eigenvalue weighted by Gasteiger charge is 2.28. The van der Waals surface area contributed by atoms with E-state index in [0.29, 0.717) is 11.6 Å². The minimum atomic E-state index is -0.701. The molecule has 2 aliphatic heterocycles. The molecule has 7 nitrogen and oxygen atoms in total. The number of aryl methyl sites for hydroxylation is 1. The molecule has 2 amide bonds. The summed E-state index contributed by atoms with van der Waals surface area (Å²) in [5.41, 5.74) is 1.97. The van der Waals surface area contributed by atoms with Gasteiger partial charge in [-0.15, -0.1) is 0 Å². The summed E-state index contributed by atoms with van der Waals surface area (Å²) in [6.07, 6.45) is 3.50.